The number of hydrogen-bond acceptors (Lipinski definition) is 2. The van der Waals surface area contributed by atoms with Crippen molar-refractivity contribution in [1.82, 2.24) is 4.90 Å². The molecule has 0 bridgehead atoms. The summed E-state index contributed by atoms with van der Waals surface area (Å²) in [6, 6.07) is 20.8. The maximum atomic E-state index is 12.5. The second-order valence-corrected chi connectivity index (χ2v) is 5.32. The number of amides is 1. The van der Waals surface area contributed by atoms with Gasteiger partial charge < -0.3 is 10.0 Å². The lowest BCUT2D eigenvalue weighted by molar-refractivity contribution is 0.0782. The van der Waals surface area contributed by atoms with Gasteiger partial charge in [-0.15, -0.1) is 0 Å². The van der Waals surface area contributed by atoms with Gasteiger partial charge in [0.2, 0.25) is 0 Å². The molecule has 0 aliphatic rings. The maximum absolute atomic E-state index is 12.5. The minimum atomic E-state index is -0.189. The number of benzene rings is 3. The standard InChI is InChI=1S/C19H17NO2/c1-20(19(22)17-11-4-5-12-18(17)21)13-15-9-6-8-14-7-2-3-10-16(14)15/h2-12,21H,13H2,1H3. The van der Waals surface area contributed by atoms with Gasteiger partial charge in [0.15, 0.2) is 0 Å². The van der Waals surface area contributed by atoms with Crippen LogP contribution >= 0.6 is 0 Å². The van der Waals surface area contributed by atoms with E-state index in [9.17, 15) is 9.90 Å². The molecule has 3 aromatic rings. The Bertz CT molecular complexity index is 821. The highest BCUT2D eigenvalue weighted by Gasteiger charge is 2.16. The summed E-state index contributed by atoms with van der Waals surface area (Å²) in [4.78, 5) is 14.1. The first-order chi connectivity index (χ1) is 10.7. The molecule has 0 spiro atoms. The quantitative estimate of drug-likeness (QED) is 0.797. The molecule has 1 amide bonds. The predicted molar refractivity (Wildman–Crippen MR) is 87.9 cm³/mol. The van der Waals surface area contributed by atoms with Crippen LogP contribution in [0, 0.1) is 0 Å². The molecule has 0 heterocycles. The average molecular weight is 291 g/mol. The molecule has 0 fully saturated rings. The lowest BCUT2D eigenvalue weighted by Crippen LogP contribution is -2.26. The highest BCUT2D eigenvalue weighted by atomic mass is 16.3. The number of phenols is 1. The zero-order chi connectivity index (χ0) is 15.5. The molecular weight excluding hydrogens is 274 g/mol. The van der Waals surface area contributed by atoms with E-state index in [1.165, 1.54) is 6.07 Å². The highest BCUT2D eigenvalue weighted by Crippen LogP contribution is 2.22. The summed E-state index contributed by atoms with van der Waals surface area (Å²) < 4.78 is 0. The molecule has 3 rings (SSSR count). The molecule has 0 aliphatic heterocycles. The molecule has 0 aromatic heterocycles. The van der Waals surface area contributed by atoms with E-state index in [0.29, 0.717) is 12.1 Å². The smallest absolute Gasteiger partial charge is 0.257 e. The van der Waals surface area contributed by atoms with E-state index >= 15 is 0 Å². The first kappa shape index (κ1) is 14.1. The summed E-state index contributed by atoms with van der Waals surface area (Å²) in [5.41, 5.74) is 1.41. The molecule has 0 aliphatic carbocycles. The Morgan fingerprint density at radius 3 is 2.45 bits per heavy atom. The number of phenolic OH excluding ortho intramolecular Hbond substituents is 1. The van der Waals surface area contributed by atoms with E-state index in [4.69, 9.17) is 0 Å². The number of carbonyl (C=O) groups excluding carboxylic acids is 1. The van der Waals surface area contributed by atoms with E-state index < -0.39 is 0 Å². The maximum Gasteiger partial charge on any atom is 0.257 e. The Labute approximate surface area is 129 Å². The van der Waals surface area contributed by atoms with Crippen LogP contribution in [0.5, 0.6) is 5.75 Å². The number of carbonyl (C=O) groups is 1. The molecular formula is C19H17NO2. The fraction of sp³-hybridized carbons (Fsp3) is 0.105. The Hall–Kier alpha value is -2.81. The van der Waals surface area contributed by atoms with Gasteiger partial charge in [-0.25, -0.2) is 0 Å². The molecule has 0 radical (unpaired) electrons. The zero-order valence-corrected chi connectivity index (χ0v) is 12.4. The third kappa shape index (κ3) is 2.66. The van der Waals surface area contributed by atoms with Crippen molar-refractivity contribution in [3.8, 4) is 5.75 Å². The number of fused-ring (bicyclic) bond motifs is 1. The van der Waals surface area contributed by atoms with Crippen LogP contribution in [0.15, 0.2) is 66.7 Å². The van der Waals surface area contributed by atoms with Crippen molar-refractivity contribution >= 4 is 16.7 Å². The van der Waals surface area contributed by atoms with Crippen LogP contribution in [0.25, 0.3) is 10.8 Å². The monoisotopic (exact) mass is 291 g/mol. The molecule has 110 valence electrons. The van der Waals surface area contributed by atoms with Gasteiger partial charge in [0.1, 0.15) is 5.75 Å². The zero-order valence-electron chi connectivity index (χ0n) is 12.4. The second kappa shape index (κ2) is 5.90. The molecule has 1 N–H and O–H groups in total. The van der Waals surface area contributed by atoms with Crippen LogP contribution in [0.1, 0.15) is 15.9 Å². The van der Waals surface area contributed by atoms with Gasteiger partial charge in [-0.05, 0) is 28.5 Å². The second-order valence-electron chi connectivity index (χ2n) is 5.32. The summed E-state index contributed by atoms with van der Waals surface area (Å²) in [7, 11) is 1.75. The normalized spacial score (nSPS) is 10.6. The molecule has 0 atom stereocenters. The SMILES string of the molecule is CN(Cc1cccc2ccccc12)C(=O)c1ccccc1O. The van der Waals surface area contributed by atoms with Crippen LogP contribution in [0.3, 0.4) is 0 Å². The number of hydrogen-bond donors (Lipinski definition) is 1. The largest absolute Gasteiger partial charge is 0.507 e. The van der Waals surface area contributed by atoms with Gasteiger partial charge >= 0.3 is 0 Å². The van der Waals surface area contributed by atoms with Gasteiger partial charge in [0, 0.05) is 13.6 Å². The first-order valence-corrected chi connectivity index (χ1v) is 7.17. The van der Waals surface area contributed by atoms with E-state index in [1.807, 2.05) is 24.3 Å². The van der Waals surface area contributed by atoms with Gasteiger partial charge in [-0.1, -0.05) is 54.6 Å². The van der Waals surface area contributed by atoms with Gasteiger partial charge in [0.25, 0.3) is 5.91 Å². The molecule has 0 saturated carbocycles. The highest BCUT2D eigenvalue weighted by molar-refractivity contribution is 5.97. The summed E-state index contributed by atoms with van der Waals surface area (Å²) in [6.07, 6.45) is 0. The minimum Gasteiger partial charge on any atom is -0.507 e. The van der Waals surface area contributed by atoms with E-state index in [1.54, 1.807) is 30.1 Å². The lowest BCUT2D eigenvalue weighted by Gasteiger charge is -2.19. The minimum absolute atomic E-state index is 0.0114. The number of nitrogens with zero attached hydrogens (tertiary/aromatic N) is 1. The molecule has 0 saturated heterocycles. The van der Waals surface area contributed by atoms with Gasteiger partial charge in [-0.2, -0.15) is 0 Å². The van der Waals surface area contributed by atoms with Crippen molar-refractivity contribution in [2.45, 2.75) is 6.54 Å². The van der Waals surface area contributed by atoms with Crippen molar-refractivity contribution in [2.75, 3.05) is 7.05 Å². The molecule has 3 heteroatoms. The van der Waals surface area contributed by atoms with E-state index in [-0.39, 0.29) is 11.7 Å². The van der Waals surface area contributed by atoms with Crippen molar-refractivity contribution in [1.29, 1.82) is 0 Å². The predicted octanol–water partition coefficient (Wildman–Crippen LogP) is 3.82. The van der Waals surface area contributed by atoms with Crippen molar-refractivity contribution < 1.29 is 9.90 Å². The van der Waals surface area contributed by atoms with Crippen LogP contribution in [0.4, 0.5) is 0 Å². The lowest BCUT2D eigenvalue weighted by atomic mass is 10.0. The number of aromatic hydroxyl groups is 1. The topological polar surface area (TPSA) is 40.5 Å². The van der Waals surface area contributed by atoms with E-state index in [2.05, 4.69) is 18.2 Å². The van der Waals surface area contributed by atoms with Crippen LogP contribution < -0.4 is 0 Å². The average Bonchev–Trinajstić information content (AvgIpc) is 2.55. The summed E-state index contributed by atoms with van der Waals surface area (Å²) in [5, 5.41) is 12.1. The third-order valence-corrected chi connectivity index (χ3v) is 3.77. The Balaban J connectivity index is 1.89. The molecule has 22 heavy (non-hydrogen) atoms. The Kier molecular flexibility index (Phi) is 3.79. The number of para-hydroxylation sites is 1. The van der Waals surface area contributed by atoms with Crippen LogP contribution in [-0.4, -0.2) is 23.0 Å². The number of rotatable bonds is 3. The summed E-state index contributed by atoms with van der Waals surface area (Å²) in [6.45, 7) is 0.495. The van der Waals surface area contributed by atoms with Crippen molar-refractivity contribution in [2.24, 2.45) is 0 Å². The fourth-order valence-electron chi connectivity index (χ4n) is 2.62. The summed E-state index contributed by atoms with van der Waals surface area (Å²) in [5.74, 6) is -0.177. The van der Waals surface area contributed by atoms with Crippen LogP contribution in [0.2, 0.25) is 0 Å². The summed E-state index contributed by atoms with van der Waals surface area (Å²) >= 11 is 0. The van der Waals surface area contributed by atoms with Crippen molar-refractivity contribution in [3.63, 3.8) is 0 Å². The molecule has 0 unspecified atom stereocenters. The Morgan fingerprint density at radius 1 is 0.955 bits per heavy atom. The molecule has 3 aromatic carbocycles. The molecule has 3 nitrogen and oxygen atoms in total. The van der Waals surface area contributed by atoms with E-state index in [0.717, 1.165) is 16.3 Å². The van der Waals surface area contributed by atoms with Gasteiger partial charge in [-0.3, -0.25) is 4.79 Å². The first-order valence-electron chi connectivity index (χ1n) is 7.17. The fourth-order valence-corrected chi connectivity index (χ4v) is 2.62. The van der Waals surface area contributed by atoms with Gasteiger partial charge in [0.05, 0.1) is 5.56 Å². The van der Waals surface area contributed by atoms with Crippen molar-refractivity contribution in [3.05, 3.63) is 77.9 Å². The Morgan fingerprint density at radius 2 is 1.64 bits per heavy atom. The third-order valence-electron chi connectivity index (χ3n) is 3.77. The van der Waals surface area contributed by atoms with Crippen LogP contribution in [-0.2, 0) is 6.54 Å².